The molecule has 3 heterocycles. The third-order valence-corrected chi connectivity index (χ3v) is 5.19. The fraction of sp³-hybridized carbons (Fsp3) is 0.318. The van der Waals surface area contributed by atoms with Gasteiger partial charge in [-0.2, -0.15) is 0 Å². The molecule has 2 bridgehead atoms. The number of benzene rings is 2. The van der Waals surface area contributed by atoms with Crippen molar-refractivity contribution in [2.24, 2.45) is 5.92 Å². The molecule has 3 saturated heterocycles. The first kappa shape index (κ1) is 16.7. The first-order valence-corrected chi connectivity index (χ1v) is 9.10. The van der Waals surface area contributed by atoms with Crippen LogP contribution < -0.4 is 9.47 Å². The van der Waals surface area contributed by atoms with E-state index >= 15 is 0 Å². The van der Waals surface area contributed by atoms with Crippen molar-refractivity contribution in [1.82, 2.24) is 4.90 Å². The number of hydrogen-bond acceptors (Lipinski definition) is 4. The van der Waals surface area contributed by atoms with Crippen molar-refractivity contribution in [3.05, 3.63) is 65.4 Å². The van der Waals surface area contributed by atoms with Gasteiger partial charge in [0.15, 0.2) is 17.3 Å². The van der Waals surface area contributed by atoms with Gasteiger partial charge in [0.2, 0.25) is 0 Å². The van der Waals surface area contributed by atoms with Crippen molar-refractivity contribution in [3.8, 4) is 11.5 Å². The Kier molecular flexibility index (Phi) is 4.65. The number of allylic oxidation sites excluding steroid dienone is 1. The zero-order chi connectivity index (χ0) is 17.9. The normalized spacial score (nSPS) is 18.4. The predicted octanol–water partition coefficient (Wildman–Crippen LogP) is 3.91. The van der Waals surface area contributed by atoms with Gasteiger partial charge in [-0.3, -0.25) is 4.79 Å². The summed E-state index contributed by atoms with van der Waals surface area (Å²) in [5, 5.41) is 0. The molecule has 0 spiro atoms. The fourth-order valence-corrected chi connectivity index (χ4v) is 3.70. The number of ketones is 1. The zero-order valence-electron chi connectivity index (χ0n) is 15.0. The number of rotatable bonds is 5. The van der Waals surface area contributed by atoms with Crippen LogP contribution in [0.5, 0.6) is 11.5 Å². The molecule has 0 amide bonds. The van der Waals surface area contributed by atoms with E-state index < -0.39 is 0 Å². The Balaban J connectivity index is 1.53. The maximum atomic E-state index is 12.5. The van der Waals surface area contributed by atoms with Crippen LogP contribution in [0.3, 0.4) is 0 Å². The lowest BCUT2D eigenvalue weighted by molar-refractivity contribution is -0.125. The molecule has 5 rings (SSSR count). The largest absolute Gasteiger partial charge is 0.493 e. The summed E-state index contributed by atoms with van der Waals surface area (Å²) in [6.45, 7) is 2.46. The van der Waals surface area contributed by atoms with E-state index in [-0.39, 0.29) is 11.7 Å². The quantitative estimate of drug-likeness (QED) is 0.767. The van der Waals surface area contributed by atoms with Crippen molar-refractivity contribution in [1.29, 1.82) is 0 Å². The average molecular weight is 349 g/mol. The highest BCUT2D eigenvalue weighted by atomic mass is 16.5. The van der Waals surface area contributed by atoms with Crippen molar-refractivity contribution in [2.45, 2.75) is 19.4 Å². The third kappa shape index (κ3) is 3.32. The Hall–Kier alpha value is -2.75. The molecule has 26 heavy (non-hydrogen) atoms. The van der Waals surface area contributed by atoms with Gasteiger partial charge in [-0.15, -0.1) is 0 Å². The highest BCUT2D eigenvalue weighted by Crippen LogP contribution is 2.34. The molecule has 4 nitrogen and oxygen atoms in total. The molecule has 0 radical (unpaired) electrons. The third-order valence-electron chi connectivity index (χ3n) is 5.19. The van der Waals surface area contributed by atoms with Gasteiger partial charge in [0.1, 0.15) is 6.61 Å². The molecule has 0 aliphatic carbocycles. The molecular weight excluding hydrogens is 326 g/mol. The summed E-state index contributed by atoms with van der Waals surface area (Å²) in [6, 6.07) is 15.9. The van der Waals surface area contributed by atoms with Crippen LogP contribution in [0.1, 0.15) is 24.0 Å². The van der Waals surface area contributed by atoms with Crippen LogP contribution in [0.4, 0.5) is 0 Å². The minimum Gasteiger partial charge on any atom is -0.493 e. The molecule has 0 aromatic heterocycles. The van der Waals surface area contributed by atoms with E-state index in [0.29, 0.717) is 18.1 Å². The molecular formula is C22H23NO3. The van der Waals surface area contributed by atoms with Crippen LogP contribution in [-0.2, 0) is 11.4 Å². The molecule has 2 aromatic rings. The second kappa shape index (κ2) is 7.24. The smallest absolute Gasteiger partial charge is 0.182 e. The maximum Gasteiger partial charge on any atom is 0.182 e. The van der Waals surface area contributed by atoms with Gasteiger partial charge in [-0.05, 0) is 42.2 Å². The lowest BCUT2D eigenvalue weighted by atomic mass is 9.84. The number of carbonyl (C=O) groups excluding carboxylic acids is 1. The van der Waals surface area contributed by atoms with Crippen molar-refractivity contribution >= 4 is 11.9 Å². The van der Waals surface area contributed by atoms with Crippen LogP contribution in [0.25, 0.3) is 6.08 Å². The summed E-state index contributed by atoms with van der Waals surface area (Å²) >= 11 is 0. The van der Waals surface area contributed by atoms with Crippen molar-refractivity contribution < 1.29 is 14.3 Å². The highest BCUT2D eigenvalue weighted by Gasteiger charge is 2.36. The summed E-state index contributed by atoms with van der Waals surface area (Å²) in [4.78, 5) is 14.7. The molecule has 0 saturated carbocycles. The lowest BCUT2D eigenvalue weighted by Crippen LogP contribution is -2.45. The minimum atomic E-state index is 0.210. The number of nitrogens with zero attached hydrogens (tertiary/aromatic N) is 1. The number of hydrogen-bond donors (Lipinski definition) is 0. The number of carbonyl (C=O) groups is 1. The van der Waals surface area contributed by atoms with E-state index in [2.05, 4.69) is 4.90 Å². The second-order valence-electron chi connectivity index (χ2n) is 6.84. The molecule has 3 aliphatic heterocycles. The van der Waals surface area contributed by atoms with Gasteiger partial charge in [0.05, 0.1) is 12.8 Å². The Morgan fingerprint density at radius 2 is 1.85 bits per heavy atom. The van der Waals surface area contributed by atoms with E-state index in [1.54, 1.807) is 7.11 Å². The predicted molar refractivity (Wildman–Crippen MR) is 101 cm³/mol. The average Bonchev–Trinajstić information content (AvgIpc) is 2.70. The molecule has 3 fully saturated rings. The monoisotopic (exact) mass is 349 g/mol. The van der Waals surface area contributed by atoms with E-state index in [0.717, 1.165) is 42.8 Å². The van der Waals surface area contributed by atoms with Gasteiger partial charge in [0.25, 0.3) is 0 Å². The van der Waals surface area contributed by atoms with Gasteiger partial charge in [-0.25, -0.2) is 0 Å². The lowest BCUT2D eigenvalue weighted by Gasteiger charge is -2.41. The van der Waals surface area contributed by atoms with Gasteiger partial charge >= 0.3 is 0 Å². The van der Waals surface area contributed by atoms with Gasteiger partial charge in [0, 0.05) is 19.0 Å². The van der Waals surface area contributed by atoms with Crippen LogP contribution in [0.2, 0.25) is 0 Å². The van der Waals surface area contributed by atoms with Crippen LogP contribution >= 0.6 is 0 Å². The molecule has 2 aromatic carbocycles. The highest BCUT2D eigenvalue weighted by molar-refractivity contribution is 6.01. The molecule has 0 atom stereocenters. The molecule has 0 N–H and O–H groups in total. The summed E-state index contributed by atoms with van der Waals surface area (Å²) in [5.41, 5.74) is 2.91. The number of Topliss-reactive ketones (excluding diaryl/α,β-unsaturated/α-hetero) is 1. The van der Waals surface area contributed by atoms with E-state index in [1.165, 1.54) is 0 Å². The summed E-state index contributed by atoms with van der Waals surface area (Å²) in [7, 11) is 1.64. The molecule has 134 valence electrons. The minimum absolute atomic E-state index is 0.210. The first-order valence-electron chi connectivity index (χ1n) is 9.10. The van der Waals surface area contributed by atoms with Crippen LogP contribution in [-0.4, -0.2) is 30.9 Å². The Morgan fingerprint density at radius 1 is 1.08 bits per heavy atom. The van der Waals surface area contributed by atoms with Gasteiger partial charge < -0.3 is 14.4 Å². The number of methoxy groups -OCH3 is 1. The number of ether oxygens (including phenoxy) is 2. The Bertz CT molecular complexity index is 821. The fourth-order valence-electron chi connectivity index (χ4n) is 3.70. The molecule has 3 aliphatic rings. The number of fused-ring (bicyclic) bond motifs is 3. The van der Waals surface area contributed by atoms with Gasteiger partial charge in [-0.1, -0.05) is 36.4 Å². The maximum absolute atomic E-state index is 12.5. The first-order chi connectivity index (χ1) is 12.7. The second-order valence-corrected chi connectivity index (χ2v) is 6.84. The standard InChI is InChI=1S/C22H23NO3/c1-25-21-14-17(13-19-22(24)18-9-11-23(19)12-10-18)7-8-20(21)26-15-16-5-3-2-4-6-16/h2-8,13-14,18H,9-12,15H2,1H3/b19-13-. The van der Waals surface area contributed by atoms with Crippen LogP contribution in [0.15, 0.2) is 54.2 Å². The van der Waals surface area contributed by atoms with Crippen molar-refractivity contribution in [3.63, 3.8) is 0 Å². The van der Waals surface area contributed by atoms with E-state index in [1.807, 2.05) is 54.6 Å². The van der Waals surface area contributed by atoms with E-state index in [4.69, 9.17) is 9.47 Å². The molecule has 0 unspecified atom stereocenters. The van der Waals surface area contributed by atoms with Crippen LogP contribution in [0, 0.1) is 5.92 Å². The summed E-state index contributed by atoms with van der Waals surface area (Å²) in [6.07, 6.45) is 3.97. The Morgan fingerprint density at radius 3 is 2.54 bits per heavy atom. The van der Waals surface area contributed by atoms with E-state index in [9.17, 15) is 4.79 Å². The summed E-state index contributed by atoms with van der Waals surface area (Å²) in [5.74, 6) is 1.88. The SMILES string of the molecule is COc1cc(/C=C2/C(=O)C3CCN2CC3)ccc1OCc1ccccc1. The van der Waals surface area contributed by atoms with Crippen molar-refractivity contribution in [2.75, 3.05) is 20.2 Å². The number of piperidine rings is 3. The zero-order valence-corrected chi connectivity index (χ0v) is 15.0. The summed E-state index contributed by atoms with van der Waals surface area (Å²) < 4.78 is 11.4. The Labute approximate surface area is 154 Å². The molecule has 4 heteroatoms. The topological polar surface area (TPSA) is 38.8 Å².